The summed E-state index contributed by atoms with van der Waals surface area (Å²) in [6.45, 7) is 4.40. The van der Waals surface area contributed by atoms with E-state index >= 15 is 0 Å². The second kappa shape index (κ2) is 4.55. The molecule has 1 atom stereocenters. The molecule has 2 nitrogen and oxygen atoms in total. The zero-order valence-electron chi connectivity index (χ0n) is 9.13. The molecular formula is C11H15F2NO. The van der Waals surface area contributed by atoms with Gasteiger partial charge in [-0.25, -0.2) is 13.8 Å². The summed E-state index contributed by atoms with van der Waals surface area (Å²) in [7, 11) is 0. The summed E-state index contributed by atoms with van der Waals surface area (Å²) < 4.78 is 31.1. The molecule has 0 spiro atoms. The van der Waals surface area contributed by atoms with Crippen molar-refractivity contribution < 1.29 is 13.5 Å². The van der Waals surface area contributed by atoms with Gasteiger partial charge in [0, 0.05) is 19.2 Å². The van der Waals surface area contributed by atoms with Crippen molar-refractivity contribution in [2.75, 3.05) is 0 Å². The second-order valence-electron chi connectivity index (χ2n) is 3.64. The Morgan fingerprint density at radius 2 is 2.13 bits per heavy atom. The van der Waals surface area contributed by atoms with E-state index < -0.39 is 12.0 Å². The number of alkyl halides is 2. The van der Waals surface area contributed by atoms with E-state index in [0.29, 0.717) is 0 Å². The fourth-order valence-electron chi connectivity index (χ4n) is 1.21. The van der Waals surface area contributed by atoms with Crippen molar-refractivity contribution in [3.8, 4) is 5.88 Å². The molecule has 1 rings (SSSR count). The van der Waals surface area contributed by atoms with Crippen LogP contribution in [-0.4, -0.2) is 17.0 Å². The summed E-state index contributed by atoms with van der Waals surface area (Å²) in [6.07, 6.45) is 0.724. The van der Waals surface area contributed by atoms with Gasteiger partial charge in [0.05, 0.1) is 0 Å². The van der Waals surface area contributed by atoms with Gasteiger partial charge in [-0.05, 0) is 18.9 Å². The Morgan fingerprint density at radius 1 is 1.47 bits per heavy atom. The average molecular weight is 215 g/mol. The van der Waals surface area contributed by atoms with Gasteiger partial charge < -0.3 is 4.74 Å². The molecule has 1 heterocycles. The highest BCUT2D eigenvalue weighted by atomic mass is 19.3. The predicted octanol–water partition coefficient (Wildman–Crippen LogP) is 3.20. The fraction of sp³-hybridized carbons (Fsp3) is 0.545. The second-order valence-corrected chi connectivity index (χ2v) is 3.64. The van der Waals surface area contributed by atoms with Gasteiger partial charge in [0.25, 0.3) is 5.92 Å². The Balaban J connectivity index is 2.71. The van der Waals surface area contributed by atoms with Crippen LogP contribution in [0.1, 0.15) is 25.8 Å². The van der Waals surface area contributed by atoms with Gasteiger partial charge in [-0.3, -0.25) is 0 Å². The fourth-order valence-corrected chi connectivity index (χ4v) is 1.21. The predicted molar refractivity (Wildman–Crippen MR) is 54.3 cm³/mol. The SMILES string of the molecule is CCC(Oc1ccc(C)cn1)C(C)(F)F. The first-order valence-electron chi connectivity index (χ1n) is 4.90. The van der Waals surface area contributed by atoms with E-state index in [0.717, 1.165) is 12.5 Å². The van der Waals surface area contributed by atoms with Crippen molar-refractivity contribution in [1.82, 2.24) is 4.98 Å². The third kappa shape index (κ3) is 3.46. The lowest BCUT2D eigenvalue weighted by molar-refractivity contribution is -0.0828. The van der Waals surface area contributed by atoms with Crippen molar-refractivity contribution in [3.05, 3.63) is 23.9 Å². The van der Waals surface area contributed by atoms with Crippen LogP contribution in [0.3, 0.4) is 0 Å². The van der Waals surface area contributed by atoms with Crippen LogP contribution in [0.2, 0.25) is 0 Å². The van der Waals surface area contributed by atoms with Crippen LogP contribution < -0.4 is 4.74 Å². The van der Waals surface area contributed by atoms with Crippen LogP contribution in [0.5, 0.6) is 5.88 Å². The Hall–Kier alpha value is -1.19. The zero-order chi connectivity index (χ0) is 11.5. The lowest BCUT2D eigenvalue weighted by atomic mass is 10.1. The zero-order valence-corrected chi connectivity index (χ0v) is 9.13. The van der Waals surface area contributed by atoms with Crippen LogP contribution >= 0.6 is 0 Å². The van der Waals surface area contributed by atoms with Crippen LogP contribution in [0, 0.1) is 6.92 Å². The maximum absolute atomic E-state index is 13.0. The average Bonchev–Trinajstić information content (AvgIpc) is 2.15. The number of halogens is 2. The standard InChI is InChI=1S/C11H15F2NO/c1-4-9(11(3,12)13)15-10-6-5-8(2)7-14-10/h5-7,9H,4H2,1-3H3. The van der Waals surface area contributed by atoms with Gasteiger partial charge in [0.15, 0.2) is 6.10 Å². The van der Waals surface area contributed by atoms with E-state index in [1.165, 1.54) is 0 Å². The highest BCUT2D eigenvalue weighted by molar-refractivity contribution is 5.16. The minimum Gasteiger partial charge on any atom is -0.468 e. The van der Waals surface area contributed by atoms with Crippen molar-refractivity contribution >= 4 is 0 Å². The maximum atomic E-state index is 13.0. The van der Waals surface area contributed by atoms with Crippen LogP contribution in [0.4, 0.5) is 8.78 Å². The molecule has 0 radical (unpaired) electrons. The number of rotatable bonds is 4. The van der Waals surface area contributed by atoms with Crippen molar-refractivity contribution in [2.24, 2.45) is 0 Å². The molecule has 0 saturated carbocycles. The maximum Gasteiger partial charge on any atom is 0.281 e. The Labute approximate surface area is 88.3 Å². The van der Waals surface area contributed by atoms with E-state index in [2.05, 4.69) is 4.98 Å². The monoisotopic (exact) mass is 215 g/mol. The summed E-state index contributed by atoms with van der Waals surface area (Å²) in [5.41, 5.74) is 0.971. The summed E-state index contributed by atoms with van der Waals surface area (Å²) in [4.78, 5) is 3.92. The van der Waals surface area contributed by atoms with E-state index in [1.54, 1.807) is 25.3 Å². The van der Waals surface area contributed by atoms with E-state index in [4.69, 9.17) is 4.74 Å². The molecular weight excluding hydrogens is 200 g/mol. The molecule has 15 heavy (non-hydrogen) atoms. The summed E-state index contributed by atoms with van der Waals surface area (Å²) >= 11 is 0. The van der Waals surface area contributed by atoms with Gasteiger partial charge in [-0.1, -0.05) is 13.0 Å². The number of aryl methyl sites for hydroxylation is 1. The largest absolute Gasteiger partial charge is 0.468 e. The lowest BCUT2D eigenvalue weighted by Gasteiger charge is -2.22. The molecule has 0 aliphatic carbocycles. The molecule has 0 N–H and O–H groups in total. The van der Waals surface area contributed by atoms with Crippen molar-refractivity contribution in [1.29, 1.82) is 0 Å². The topological polar surface area (TPSA) is 22.1 Å². The molecule has 1 aromatic heterocycles. The van der Waals surface area contributed by atoms with Gasteiger partial charge >= 0.3 is 0 Å². The first kappa shape index (κ1) is 11.9. The molecule has 1 unspecified atom stereocenters. The number of hydrogen-bond donors (Lipinski definition) is 0. The van der Waals surface area contributed by atoms with Crippen LogP contribution in [0.15, 0.2) is 18.3 Å². The Kier molecular flexibility index (Phi) is 3.61. The van der Waals surface area contributed by atoms with Gasteiger partial charge in [-0.15, -0.1) is 0 Å². The summed E-state index contributed by atoms with van der Waals surface area (Å²) in [5.74, 6) is -2.60. The number of hydrogen-bond acceptors (Lipinski definition) is 2. The molecule has 0 bridgehead atoms. The van der Waals surface area contributed by atoms with E-state index in [1.807, 2.05) is 6.92 Å². The van der Waals surface area contributed by atoms with E-state index in [-0.39, 0.29) is 12.3 Å². The minimum absolute atomic E-state index is 0.244. The number of aromatic nitrogens is 1. The van der Waals surface area contributed by atoms with Crippen molar-refractivity contribution in [2.45, 2.75) is 39.2 Å². The third-order valence-electron chi connectivity index (χ3n) is 2.08. The molecule has 0 fully saturated rings. The molecule has 0 aliphatic rings. The van der Waals surface area contributed by atoms with Gasteiger partial charge in [-0.2, -0.15) is 0 Å². The Morgan fingerprint density at radius 3 is 2.53 bits per heavy atom. The molecule has 0 amide bonds. The first-order chi connectivity index (χ1) is 6.93. The smallest absolute Gasteiger partial charge is 0.281 e. The van der Waals surface area contributed by atoms with Crippen LogP contribution in [-0.2, 0) is 0 Å². The molecule has 0 aromatic carbocycles. The highest BCUT2D eigenvalue weighted by Crippen LogP contribution is 2.24. The molecule has 1 aromatic rings. The quantitative estimate of drug-likeness (QED) is 0.769. The molecule has 4 heteroatoms. The first-order valence-corrected chi connectivity index (χ1v) is 4.90. The highest BCUT2D eigenvalue weighted by Gasteiger charge is 2.34. The van der Waals surface area contributed by atoms with Gasteiger partial charge in [0.1, 0.15) is 0 Å². The van der Waals surface area contributed by atoms with E-state index in [9.17, 15) is 8.78 Å². The number of nitrogens with zero attached hydrogens (tertiary/aromatic N) is 1. The lowest BCUT2D eigenvalue weighted by Crippen LogP contribution is -2.35. The van der Waals surface area contributed by atoms with Crippen molar-refractivity contribution in [3.63, 3.8) is 0 Å². The number of pyridine rings is 1. The third-order valence-corrected chi connectivity index (χ3v) is 2.08. The molecule has 84 valence electrons. The summed E-state index contributed by atoms with van der Waals surface area (Å²) in [6, 6.07) is 3.38. The van der Waals surface area contributed by atoms with Crippen LogP contribution in [0.25, 0.3) is 0 Å². The minimum atomic E-state index is -2.85. The molecule has 0 saturated heterocycles. The van der Waals surface area contributed by atoms with Gasteiger partial charge in [0.2, 0.25) is 5.88 Å². The summed E-state index contributed by atoms with van der Waals surface area (Å²) in [5, 5.41) is 0. The Bertz CT molecular complexity index is 305. The number of ether oxygens (including phenoxy) is 1. The normalized spacial score (nSPS) is 13.7. The molecule has 0 aliphatic heterocycles.